The molecule has 0 bridgehead atoms. The third-order valence-corrected chi connectivity index (χ3v) is 5.36. The Kier molecular flexibility index (Phi) is 7.25. The zero-order valence-corrected chi connectivity index (χ0v) is 16.6. The second kappa shape index (κ2) is 9.87. The van der Waals surface area contributed by atoms with Crippen molar-refractivity contribution in [2.24, 2.45) is 0 Å². The van der Waals surface area contributed by atoms with Gasteiger partial charge in [-0.2, -0.15) is 0 Å². The highest BCUT2D eigenvalue weighted by molar-refractivity contribution is 5.40. The number of aliphatic hydroxyl groups is 1. The second-order valence-electron chi connectivity index (χ2n) is 7.14. The number of aliphatic hydroxyl groups excluding tert-OH is 1. The smallest absolute Gasteiger partial charge is 0.127 e. The summed E-state index contributed by atoms with van der Waals surface area (Å²) in [5.41, 5.74) is 1.78. The predicted molar refractivity (Wildman–Crippen MR) is 107 cm³/mol. The van der Waals surface area contributed by atoms with E-state index in [1.165, 1.54) is 6.07 Å². The normalized spacial score (nSPS) is 18.2. The molecule has 3 rings (SSSR count). The Morgan fingerprint density at radius 3 is 2.57 bits per heavy atom. The first-order valence-corrected chi connectivity index (χ1v) is 9.66. The summed E-state index contributed by atoms with van der Waals surface area (Å²) in [6.07, 6.45) is 0.667. The van der Waals surface area contributed by atoms with E-state index in [0.29, 0.717) is 18.5 Å². The number of benzene rings is 2. The lowest BCUT2D eigenvalue weighted by Gasteiger charge is -2.41. The molecule has 1 aliphatic heterocycles. The maximum atomic E-state index is 14.1. The van der Waals surface area contributed by atoms with Crippen molar-refractivity contribution in [1.29, 1.82) is 0 Å². The topological polar surface area (TPSA) is 45.2 Å². The van der Waals surface area contributed by atoms with Crippen LogP contribution in [0.3, 0.4) is 0 Å². The molecule has 0 spiro atoms. The van der Waals surface area contributed by atoms with Crippen molar-refractivity contribution in [3.63, 3.8) is 0 Å². The molecule has 1 N–H and O–H groups in total. The molecule has 0 radical (unpaired) electrons. The molecule has 1 fully saturated rings. The van der Waals surface area contributed by atoms with E-state index in [2.05, 4.69) is 9.80 Å². The maximum absolute atomic E-state index is 14.1. The van der Waals surface area contributed by atoms with Crippen LogP contribution in [0.4, 0.5) is 4.39 Å². The predicted octanol–water partition coefficient (Wildman–Crippen LogP) is 2.91. The van der Waals surface area contributed by atoms with Crippen LogP contribution in [-0.2, 0) is 13.1 Å². The lowest BCUT2D eigenvalue weighted by molar-refractivity contribution is 0.0489. The number of ether oxygens (including phenoxy) is 2. The van der Waals surface area contributed by atoms with Crippen LogP contribution in [-0.4, -0.2) is 61.4 Å². The van der Waals surface area contributed by atoms with E-state index in [1.807, 2.05) is 30.3 Å². The Hall–Kier alpha value is -2.15. The van der Waals surface area contributed by atoms with Crippen LogP contribution < -0.4 is 9.47 Å². The van der Waals surface area contributed by atoms with E-state index in [0.717, 1.165) is 43.2 Å². The molecule has 0 saturated carbocycles. The van der Waals surface area contributed by atoms with Gasteiger partial charge in [0.05, 0.1) is 14.2 Å². The number of halogens is 1. The minimum atomic E-state index is -0.172. The number of methoxy groups -OCH3 is 2. The molecule has 1 unspecified atom stereocenters. The van der Waals surface area contributed by atoms with E-state index < -0.39 is 0 Å². The summed E-state index contributed by atoms with van der Waals surface area (Å²) < 4.78 is 24.9. The fourth-order valence-corrected chi connectivity index (χ4v) is 3.82. The fourth-order valence-electron chi connectivity index (χ4n) is 3.82. The van der Waals surface area contributed by atoms with Gasteiger partial charge in [0, 0.05) is 56.5 Å². The van der Waals surface area contributed by atoms with Gasteiger partial charge in [-0.15, -0.1) is 0 Å². The van der Waals surface area contributed by atoms with E-state index in [9.17, 15) is 9.50 Å². The molecule has 28 heavy (non-hydrogen) atoms. The van der Waals surface area contributed by atoms with E-state index >= 15 is 0 Å². The highest BCUT2D eigenvalue weighted by Gasteiger charge is 2.27. The standard InChI is InChI=1S/C22H29FN2O3/c1-27-20-7-8-22(28-2)18(13-20)14-24-10-11-25(19(16-24)9-12-26)15-17-5-3-4-6-21(17)23/h3-8,13,19,26H,9-12,14-16H2,1-2H3. The van der Waals surface area contributed by atoms with Crippen molar-refractivity contribution < 1.29 is 19.0 Å². The number of rotatable bonds is 8. The van der Waals surface area contributed by atoms with Gasteiger partial charge in [0.15, 0.2) is 0 Å². The van der Waals surface area contributed by atoms with Crippen molar-refractivity contribution in [2.45, 2.75) is 25.6 Å². The van der Waals surface area contributed by atoms with Crippen molar-refractivity contribution in [1.82, 2.24) is 9.80 Å². The molecule has 1 aliphatic rings. The largest absolute Gasteiger partial charge is 0.497 e. The van der Waals surface area contributed by atoms with Gasteiger partial charge in [-0.1, -0.05) is 18.2 Å². The molecule has 2 aromatic rings. The number of piperazine rings is 1. The lowest BCUT2D eigenvalue weighted by Crippen LogP contribution is -2.52. The molecule has 2 aromatic carbocycles. The Morgan fingerprint density at radius 1 is 1.04 bits per heavy atom. The molecule has 1 heterocycles. The third-order valence-electron chi connectivity index (χ3n) is 5.36. The molecule has 0 aliphatic carbocycles. The van der Waals surface area contributed by atoms with Gasteiger partial charge in [0.1, 0.15) is 17.3 Å². The van der Waals surface area contributed by atoms with Gasteiger partial charge in [-0.3, -0.25) is 9.80 Å². The Labute approximate surface area is 166 Å². The van der Waals surface area contributed by atoms with Gasteiger partial charge in [-0.05, 0) is 30.7 Å². The summed E-state index contributed by atoms with van der Waals surface area (Å²) in [6.45, 7) is 3.94. The Balaban J connectivity index is 1.69. The molecule has 1 atom stereocenters. The molecule has 5 nitrogen and oxygen atoms in total. The lowest BCUT2D eigenvalue weighted by atomic mass is 10.1. The fraction of sp³-hybridized carbons (Fsp3) is 0.455. The van der Waals surface area contributed by atoms with Crippen LogP contribution in [0.1, 0.15) is 17.5 Å². The van der Waals surface area contributed by atoms with Crippen LogP contribution in [0, 0.1) is 5.82 Å². The molecule has 152 valence electrons. The number of nitrogens with zero attached hydrogens (tertiary/aromatic N) is 2. The molecule has 0 aromatic heterocycles. The minimum Gasteiger partial charge on any atom is -0.497 e. The maximum Gasteiger partial charge on any atom is 0.127 e. The minimum absolute atomic E-state index is 0.120. The zero-order valence-electron chi connectivity index (χ0n) is 16.6. The van der Waals surface area contributed by atoms with Crippen LogP contribution in [0.5, 0.6) is 11.5 Å². The van der Waals surface area contributed by atoms with Gasteiger partial charge in [-0.25, -0.2) is 4.39 Å². The Morgan fingerprint density at radius 2 is 1.86 bits per heavy atom. The zero-order chi connectivity index (χ0) is 19.9. The van der Waals surface area contributed by atoms with Crippen molar-refractivity contribution in [3.8, 4) is 11.5 Å². The average molecular weight is 388 g/mol. The van der Waals surface area contributed by atoms with Crippen molar-refractivity contribution >= 4 is 0 Å². The van der Waals surface area contributed by atoms with Crippen LogP contribution in [0.2, 0.25) is 0 Å². The third kappa shape index (κ3) is 5.01. The second-order valence-corrected chi connectivity index (χ2v) is 7.14. The highest BCUT2D eigenvalue weighted by atomic mass is 19.1. The summed E-state index contributed by atoms with van der Waals surface area (Å²) >= 11 is 0. The first-order chi connectivity index (χ1) is 13.6. The first-order valence-electron chi connectivity index (χ1n) is 9.66. The van der Waals surface area contributed by atoms with Crippen molar-refractivity contribution in [2.75, 3.05) is 40.5 Å². The molecule has 1 saturated heterocycles. The summed E-state index contributed by atoms with van der Waals surface area (Å²) in [7, 11) is 3.33. The molecule has 6 heteroatoms. The highest BCUT2D eigenvalue weighted by Crippen LogP contribution is 2.27. The van der Waals surface area contributed by atoms with Gasteiger partial charge < -0.3 is 14.6 Å². The van der Waals surface area contributed by atoms with E-state index in [4.69, 9.17) is 9.47 Å². The van der Waals surface area contributed by atoms with Gasteiger partial charge in [0.25, 0.3) is 0 Å². The van der Waals surface area contributed by atoms with Crippen LogP contribution >= 0.6 is 0 Å². The summed E-state index contributed by atoms with van der Waals surface area (Å²) in [4.78, 5) is 4.63. The van der Waals surface area contributed by atoms with Crippen LogP contribution in [0.15, 0.2) is 42.5 Å². The first kappa shape index (κ1) is 20.6. The molecular formula is C22H29FN2O3. The van der Waals surface area contributed by atoms with Crippen molar-refractivity contribution in [3.05, 3.63) is 59.4 Å². The molecular weight excluding hydrogens is 359 g/mol. The van der Waals surface area contributed by atoms with Gasteiger partial charge >= 0.3 is 0 Å². The Bertz CT molecular complexity index is 771. The summed E-state index contributed by atoms with van der Waals surface area (Å²) in [5, 5.41) is 9.53. The average Bonchev–Trinajstić information content (AvgIpc) is 2.71. The number of hydrogen-bond acceptors (Lipinski definition) is 5. The van der Waals surface area contributed by atoms with E-state index in [1.54, 1.807) is 20.3 Å². The SMILES string of the molecule is COc1ccc(OC)c(CN2CCN(Cc3ccccc3F)C(CCO)C2)c1. The number of hydrogen-bond donors (Lipinski definition) is 1. The van der Waals surface area contributed by atoms with E-state index in [-0.39, 0.29) is 18.5 Å². The molecule has 0 amide bonds. The summed E-state index contributed by atoms with van der Waals surface area (Å²) in [6, 6.07) is 12.9. The monoisotopic (exact) mass is 388 g/mol. The summed E-state index contributed by atoms with van der Waals surface area (Å²) in [5.74, 6) is 1.47. The van der Waals surface area contributed by atoms with Crippen LogP contribution in [0.25, 0.3) is 0 Å². The quantitative estimate of drug-likeness (QED) is 0.753. The van der Waals surface area contributed by atoms with Gasteiger partial charge in [0.2, 0.25) is 0 Å².